The van der Waals surface area contributed by atoms with Gasteiger partial charge in [-0.15, -0.1) is 0 Å². The first-order valence-corrected chi connectivity index (χ1v) is 8.63. The number of nitrogens with zero attached hydrogens (tertiary/aromatic N) is 1. The minimum Gasteiger partial charge on any atom is -0.465 e. The lowest BCUT2D eigenvalue weighted by Gasteiger charge is -2.11. The molecule has 2 rings (SSSR count). The van der Waals surface area contributed by atoms with Gasteiger partial charge in [0, 0.05) is 0 Å². The number of rotatable bonds is 5. The first kappa shape index (κ1) is 19.0. The number of esters is 2. The standard InChI is InChI=1S/C17H14N2O6S/c1-24-16(20)12-7-13(17(21)25-2)9-14(8-12)19-26(22,23)15-5-3-11(10-18)4-6-15/h3-9,19H,1-2H3. The highest BCUT2D eigenvalue weighted by Gasteiger charge is 2.18. The second-order valence-corrected chi connectivity index (χ2v) is 6.71. The van der Waals surface area contributed by atoms with Crippen LogP contribution in [0.2, 0.25) is 0 Å². The van der Waals surface area contributed by atoms with Crippen LogP contribution in [0.15, 0.2) is 47.4 Å². The zero-order valence-electron chi connectivity index (χ0n) is 13.8. The van der Waals surface area contributed by atoms with Crippen molar-refractivity contribution in [2.24, 2.45) is 0 Å². The van der Waals surface area contributed by atoms with Crippen LogP contribution in [0.3, 0.4) is 0 Å². The molecule has 0 aromatic heterocycles. The Bertz CT molecular complexity index is 957. The van der Waals surface area contributed by atoms with Gasteiger partial charge in [0.15, 0.2) is 0 Å². The largest absolute Gasteiger partial charge is 0.465 e. The molecular weight excluding hydrogens is 360 g/mol. The van der Waals surface area contributed by atoms with Gasteiger partial charge in [0.2, 0.25) is 0 Å². The van der Waals surface area contributed by atoms with E-state index < -0.39 is 22.0 Å². The summed E-state index contributed by atoms with van der Waals surface area (Å²) < 4.78 is 36.4. The van der Waals surface area contributed by atoms with Crippen molar-refractivity contribution in [1.29, 1.82) is 5.26 Å². The van der Waals surface area contributed by atoms with E-state index in [0.29, 0.717) is 5.56 Å². The molecule has 0 unspecified atom stereocenters. The van der Waals surface area contributed by atoms with E-state index in [0.717, 1.165) is 14.2 Å². The topological polar surface area (TPSA) is 123 Å². The Hall–Kier alpha value is -3.38. The number of hydrogen-bond acceptors (Lipinski definition) is 7. The Morgan fingerprint density at radius 2 is 1.46 bits per heavy atom. The number of methoxy groups -OCH3 is 2. The Labute approximate surface area is 150 Å². The van der Waals surface area contributed by atoms with E-state index >= 15 is 0 Å². The van der Waals surface area contributed by atoms with Gasteiger partial charge < -0.3 is 9.47 Å². The van der Waals surface area contributed by atoms with E-state index in [9.17, 15) is 18.0 Å². The van der Waals surface area contributed by atoms with E-state index in [4.69, 9.17) is 5.26 Å². The lowest BCUT2D eigenvalue weighted by atomic mass is 10.1. The highest BCUT2D eigenvalue weighted by molar-refractivity contribution is 7.92. The van der Waals surface area contributed by atoms with Crippen molar-refractivity contribution in [3.63, 3.8) is 0 Å². The molecule has 0 fully saturated rings. The number of hydrogen-bond donors (Lipinski definition) is 1. The summed E-state index contributed by atoms with van der Waals surface area (Å²) >= 11 is 0. The van der Waals surface area contributed by atoms with Gasteiger partial charge in [-0.3, -0.25) is 4.72 Å². The van der Waals surface area contributed by atoms with Crippen molar-refractivity contribution in [1.82, 2.24) is 0 Å². The third kappa shape index (κ3) is 4.17. The predicted molar refractivity (Wildman–Crippen MR) is 91.1 cm³/mol. The average Bonchev–Trinajstić information content (AvgIpc) is 2.66. The number of carbonyl (C=O) groups is 2. The van der Waals surface area contributed by atoms with Gasteiger partial charge in [0.25, 0.3) is 10.0 Å². The molecule has 0 aliphatic heterocycles. The summed E-state index contributed by atoms with van der Waals surface area (Å²) in [6.45, 7) is 0. The van der Waals surface area contributed by atoms with Gasteiger partial charge in [-0.1, -0.05) is 0 Å². The quantitative estimate of drug-likeness (QED) is 0.793. The smallest absolute Gasteiger partial charge is 0.337 e. The number of sulfonamides is 1. The van der Waals surface area contributed by atoms with Gasteiger partial charge >= 0.3 is 11.9 Å². The van der Waals surface area contributed by atoms with Gasteiger partial charge in [-0.05, 0) is 42.5 Å². The molecule has 0 amide bonds. The fraction of sp³-hybridized carbons (Fsp3) is 0.118. The summed E-state index contributed by atoms with van der Waals surface area (Å²) in [4.78, 5) is 23.4. The molecule has 0 saturated heterocycles. The van der Waals surface area contributed by atoms with Crippen LogP contribution in [0, 0.1) is 11.3 Å². The second kappa shape index (κ2) is 7.67. The fourth-order valence-electron chi connectivity index (χ4n) is 2.08. The van der Waals surface area contributed by atoms with E-state index in [-0.39, 0.29) is 21.7 Å². The van der Waals surface area contributed by atoms with Crippen molar-refractivity contribution in [2.45, 2.75) is 4.90 Å². The molecular formula is C17H14N2O6S. The van der Waals surface area contributed by atoms with Crippen molar-refractivity contribution in [3.8, 4) is 6.07 Å². The number of carbonyl (C=O) groups excluding carboxylic acids is 2. The normalized spacial score (nSPS) is 10.5. The van der Waals surface area contributed by atoms with Crippen LogP contribution in [0.1, 0.15) is 26.3 Å². The lowest BCUT2D eigenvalue weighted by molar-refractivity contribution is 0.0599. The molecule has 0 aliphatic carbocycles. The summed E-state index contributed by atoms with van der Waals surface area (Å²) in [5, 5.41) is 8.78. The Morgan fingerprint density at radius 1 is 0.962 bits per heavy atom. The van der Waals surface area contributed by atoms with Crippen LogP contribution >= 0.6 is 0 Å². The van der Waals surface area contributed by atoms with E-state index in [2.05, 4.69) is 14.2 Å². The summed E-state index contributed by atoms with van der Waals surface area (Å²) in [6.07, 6.45) is 0. The van der Waals surface area contributed by atoms with Gasteiger partial charge in [-0.2, -0.15) is 5.26 Å². The summed E-state index contributed by atoms with van der Waals surface area (Å²) in [6, 6.07) is 10.9. The van der Waals surface area contributed by atoms with Crippen molar-refractivity contribution >= 4 is 27.6 Å². The maximum absolute atomic E-state index is 12.5. The average molecular weight is 374 g/mol. The predicted octanol–water partition coefficient (Wildman–Crippen LogP) is 1.93. The number of anilines is 1. The Morgan fingerprint density at radius 3 is 1.88 bits per heavy atom. The molecule has 2 aromatic rings. The molecule has 0 bridgehead atoms. The SMILES string of the molecule is COC(=O)c1cc(NS(=O)(=O)c2ccc(C#N)cc2)cc(C(=O)OC)c1. The van der Waals surface area contributed by atoms with Crippen LogP contribution in [0.5, 0.6) is 0 Å². The summed E-state index contributed by atoms with van der Waals surface area (Å²) in [5.41, 5.74) is 0.253. The third-order valence-electron chi connectivity index (χ3n) is 3.32. The van der Waals surface area contributed by atoms with Crippen LogP contribution in [0.4, 0.5) is 5.69 Å². The first-order chi connectivity index (χ1) is 12.3. The molecule has 9 heteroatoms. The fourth-order valence-corrected chi connectivity index (χ4v) is 3.12. The molecule has 1 N–H and O–H groups in total. The van der Waals surface area contributed by atoms with E-state index in [1.54, 1.807) is 0 Å². The molecule has 134 valence electrons. The van der Waals surface area contributed by atoms with Gasteiger partial charge in [0.05, 0.1) is 47.6 Å². The highest BCUT2D eigenvalue weighted by Crippen LogP contribution is 2.21. The molecule has 0 radical (unpaired) electrons. The second-order valence-electron chi connectivity index (χ2n) is 5.02. The lowest BCUT2D eigenvalue weighted by Crippen LogP contribution is -2.15. The highest BCUT2D eigenvalue weighted by atomic mass is 32.2. The molecule has 2 aromatic carbocycles. The minimum atomic E-state index is -4.00. The van der Waals surface area contributed by atoms with Crippen molar-refractivity contribution in [2.75, 3.05) is 18.9 Å². The number of ether oxygens (including phenoxy) is 2. The summed E-state index contributed by atoms with van der Waals surface area (Å²) in [7, 11) is -1.68. The molecule has 26 heavy (non-hydrogen) atoms. The molecule has 0 saturated carbocycles. The zero-order chi connectivity index (χ0) is 19.3. The van der Waals surface area contributed by atoms with Crippen molar-refractivity contribution in [3.05, 3.63) is 59.2 Å². The Balaban J connectivity index is 2.44. The summed E-state index contributed by atoms with van der Waals surface area (Å²) in [5.74, 6) is -1.48. The minimum absolute atomic E-state index is 0.0161. The molecule has 8 nitrogen and oxygen atoms in total. The first-order valence-electron chi connectivity index (χ1n) is 7.15. The van der Waals surface area contributed by atoms with E-state index in [1.807, 2.05) is 6.07 Å². The maximum atomic E-state index is 12.5. The van der Waals surface area contributed by atoms with Crippen LogP contribution < -0.4 is 4.72 Å². The van der Waals surface area contributed by atoms with Gasteiger partial charge in [-0.25, -0.2) is 18.0 Å². The zero-order valence-corrected chi connectivity index (χ0v) is 14.7. The molecule has 0 atom stereocenters. The number of nitriles is 1. The van der Waals surface area contributed by atoms with Crippen LogP contribution in [0.25, 0.3) is 0 Å². The van der Waals surface area contributed by atoms with Crippen LogP contribution in [-0.4, -0.2) is 34.6 Å². The molecule has 0 heterocycles. The number of benzene rings is 2. The molecule has 0 aliphatic rings. The third-order valence-corrected chi connectivity index (χ3v) is 4.72. The monoisotopic (exact) mass is 374 g/mol. The van der Waals surface area contributed by atoms with Gasteiger partial charge in [0.1, 0.15) is 0 Å². The van der Waals surface area contributed by atoms with E-state index in [1.165, 1.54) is 42.5 Å². The number of nitrogens with one attached hydrogen (secondary N) is 1. The maximum Gasteiger partial charge on any atom is 0.337 e. The van der Waals surface area contributed by atoms with Crippen molar-refractivity contribution < 1.29 is 27.5 Å². The Kier molecular flexibility index (Phi) is 5.59. The van der Waals surface area contributed by atoms with Crippen LogP contribution in [-0.2, 0) is 19.5 Å². The molecule has 0 spiro atoms.